The molecule has 4 rings (SSSR count). The van der Waals surface area contributed by atoms with Gasteiger partial charge in [0.1, 0.15) is 24.4 Å². The summed E-state index contributed by atoms with van der Waals surface area (Å²) >= 11 is 0. The highest BCUT2D eigenvalue weighted by molar-refractivity contribution is 6.09. The average molecular weight is 436 g/mol. The summed E-state index contributed by atoms with van der Waals surface area (Å²) in [7, 11) is 0. The Labute approximate surface area is 188 Å². The molecule has 0 aromatic heterocycles. The molecule has 1 heterocycles. The summed E-state index contributed by atoms with van der Waals surface area (Å²) in [6.07, 6.45) is 1.82. The van der Waals surface area contributed by atoms with Gasteiger partial charge < -0.3 is 15.4 Å². The van der Waals surface area contributed by atoms with Gasteiger partial charge in [0.2, 0.25) is 5.91 Å². The molecule has 2 N–H and O–H groups in total. The number of rotatable bonds is 8. The largest absolute Gasteiger partial charge is 0.491 e. The van der Waals surface area contributed by atoms with E-state index < -0.39 is 23.5 Å². The van der Waals surface area contributed by atoms with Gasteiger partial charge in [-0.1, -0.05) is 48.5 Å². The van der Waals surface area contributed by atoms with Crippen LogP contribution in [0.1, 0.15) is 42.5 Å². The number of carbonyl (C=O) groups is 3. The Kier molecular flexibility index (Phi) is 5.91. The summed E-state index contributed by atoms with van der Waals surface area (Å²) in [5.74, 6) is 0.197. The molecule has 1 aliphatic heterocycles. The highest BCUT2D eigenvalue weighted by atomic mass is 16.5. The summed E-state index contributed by atoms with van der Waals surface area (Å²) in [6.45, 7) is 5.61. The van der Waals surface area contributed by atoms with Crippen LogP contribution in [0.5, 0.6) is 5.75 Å². The molecular formula is C25H29N3O4. The first-order valence-corrected chi connectivity index (χ1v) is 11.0. The predicted octanol–water partition coefficient (Wildman–Crippen LogP) is 3.26. The zero-order chi connectivity index (χ0) is 22.9. The SMILES string of the molecule is Cc1cccc(C)c1OC[C@@H](NC(=O)CN1C(=O)N[C@@](C)(C2CC2)C1=O)c1ccccc1. The topological polar surface area (TPSA) is 87.7 Å². The van der Waals surface area contributed by atoms with Crippen molar-refractivity contribution in [1.29, 1.82) is 0 Å². The number of para-hydroxylation sites is 1. The number of imide groups is 1. The van der Waals surface area contributed by atoms with Gasteiger partial charge in [0, 0.05) is 0 Å². The van der Waals surface area contributed by atoms with E-state index in [2.05, 4.69) is 10.6 Å². The van der Waals surface area contributed by atoms with Crippen LogP contribution >= 0.6 is 0 Å². The Bertz CT molecular complexity index is 1010. The van der Waals surface area contributed by atoms with Crippen LogP contribution in [-0.4, -0.2) is 41.4 Å². The molecule has 0 spiro atoms. The molecule has 2 atom stereocenters. The lowest BCUT2D eigenvalue weighted by atomic mass is 9.96. The molecule has 2 aromatic carbocycles. The molecule has 2 aromatic rings. The van der Waals surface area contributed by atoms with Crippen LogP contribution < -0.4 is 15.4 Å². The van der Waals surface area contributed by atoms with E-state index in [1.165, 1.54) is 0 Å². The lowest BCUT2D eigenvalue weighted by Crippen LogP contribution is -2.47. The molecule has 1 saturated carbocycles. The van der Waals surface area contributed by atoms with Crippen LogP contribution in [0.25, 0.3) is 0 Å². The number of hydrogen-bond donors (Lipinski definition) is 2. The van der Waals surface area contributed by atoms with Crippen molar-refractivity contribution in [3.05, 3.63) is 65.2 Å². The van der Waals surface area contributed by atoms with Gasteiger partial charge in [-0.15, -0.1) is 0 Å². The molecular weight excluding hydrogens is 406 g/mol. The first-order chi connectivity index (χ1) is 15.3. The van der Waals surface area contributed by atoms with Gasteiger partial charge in [0.25, 0.3) is 5.91 Å². The van der Waals surface area contributed by atoms with Gasteiger partial charge >= 0.3 is 6.03 Å². The minimum absolute atomic E-state index is 0.148. The Morgan fingerprint density at radius 1 is 1.12 bits per heavy atom. The summed E-state index contributed by atoms with van der Waals surface area (Å²) in [4.78, 5) is 39.1. The van der Waals surface area contributed by atoms with Crippen LogP contribution in [0, 0.1) is 19.8 Å². The average Bonchev–Trinajstić information content (AvgIpc) is 3.59. The summed E-state index contributed by atoms with van der Waals surface area (Å²) in [5, 5.41) is 5.72. The number of carbonyl (C=O) groups excluding carboxylic acids is 3. The predicted molar refractivity (Wildman–Crippen MR) is 120 cm³/mol. The molecule has 168 valence electrons. The molecule has 0 bridgehead atoms. The zero-order valence-electron chi connectivity index (χ0n) is 18.7. The highest BCUT2D eigenvalue weighted by Gasteiger charge is 2.56. The maximum atomic E-state index is 12.9. The third-order valence-electron chi connectivity index (χ3n) is 6.34. The number of hydrogen-bond acceptors (Lipinski definition) is 4. The van der Waals surface area contributed by atoms with E-state index in [-0.39, 0.29) is 25.0 Å². The summed E-state index contributed by atoms with van der Waals surface area (Å²) in [6, 6.07) is 14.5. The Morgan fingerprint density at radius 3 is 2.41 bits per heavy atom. The maximum absolute atomic E-state index is 12.9. The second kappa shape index (κ2) is 8.65. The van der Waals surface area contributed by atoms with Gasteiger partial charge in [-0.3, -0.25) is 14.5 Å². The van der Waals surface area contributed by atoms with Crippen LogP contribution in [0.15, 0.2) is 48.5 Å². The van der Waals surface area contributed by atoms with Gasteiger partial charge in [-0.05, 0) is 56.2 Å². The molecule has 32 heavy (non-hydrogen) atoms. The quantitative estimate of drug-likeness (QED) is 0.623. The van der Waals surface area contributed by atoms with E-state index >= 15 is 0 Å². The fourth-order valence-electron chi connectivity index (χ4n) is 4.28. The third-order valence-corrected chi connectivity index (χ3v) is 6.34. The van der Waals surface area contributed by atoms with Crippen molar-refractivity contribution in [3.63, 3.8) is 0 Å². The number of aryl methyl sites for hydroxylation is 2. The van der Waals surface area contributed by atoms with E-state index in [0.29, 0.717) is 0 Å². The smallest absolute Gasteiger partial charge is 0.325 e. The fourth-order valence-corrected chi connectivity index (χ4v) is 4.28. The standard InChI is InChI=1S/C25H29N3O4/c1-16-8-7-9-17(2)22(16)32-15-20(18-10-5-4-6-11-18)26-21(29)14-28-23(30)25(3,19-12-13-19)27-24(28)31/h4-11,19-20H,12-15H2,1-3H3,(H,26,29)(H,27,31)/t20-,25+/m1/s1. The number of nitrogens with one attached hydrogen (secondary N) is 2. The third kappa shape index (κ3) is 4.33. The number of ether oxygens (including phenoxy) is 1. The van der Waals surface area contributed by atoms with Crippen LogP contribution in [0.3, 0.4) is 0 Å². The molecule has 4 amide bonds. The Balaban J connectivity index is 1.46. The van der Waals surface area contributed by atoms with E-state index in [1.807, 2.05) is 62.4 Å². The van der Waals surface area contributed by atoms with Crippen molar-refractivity contribution in [2.75, 3.05) is 13.2 Å². The summed E-state index contributed by atoms with van der Waals surface area (Å²) < 4.78 is 6.10. The molecule has 7 nitrogen and oxygen atoms in total. The second-order valence-electron chi connectivity index (χ2n) is 8.86. The molecule has 1 aliphatic carbocycles. The van der Waals surface area contributed by atoms with Gasteiger partial charge in [0.05, 0.1) is 6.04 Å². The fraction of sp³-hybridized carbons (Fsp3) is 0.400. The van der Waals surface area contributed by atoms with E-state index in [1.54, 1.807) is 6.92 Å². The van der Waals surface area contributed by atoms with Gasteiger partial charge in [-0.2, -0.15) is 0 Å². The Hall–Kier alpha value is -3.35. The molecule has 0 unspecified atom stereocenters. The number of nitrogens with zero attached hydrogens (tertiary/aromatic N) is 1. The normalized spacial score (nSPS) is 21.3. The first-order valence-electron chi connectivity index (χ1n) is 11.0. The summed E-state index contributed by atoms with van der Waals surface area (Å²) in [5.41, 5.74) is 2.01. The van der Waals surface area contributed by atoms with Crippen LogP contribution in [0.4, 0.5) is 4.79 Å². The van der Waals surface area contributed by atoms with Gasteiger partial charge in [0.15, 0.2) is 0 Å². The lowest BCUT2D eigenvalue weighted by molar-refractivity contribution is -0.135. The monoisotopic (exact) mass is 435 g/mol. The second-order valence-corrected chi connectivity index (χ2v) is 8.86. The minimum atomic E-state index is -0.901. The zero-order valence-corrected chi connectivity index (χ0v) is 18.7. The molecule has 7 heteroatoms. The van der Waals surface area contributed by atoms with Crippen molar-refractivity contribution in [1.82, 2.24) is 15.5 Å². The minimum Gasteiger partial charge on any atom is -0.491 e. The van der Waals surface area contributed by atoms with E-state index in [0.717, 1.165) is 40.2 Å². The lowest BCUT2D eigenvalue weighted by Gasteiger charge is -2.23. The van der Waals surface area contributed by atoms with Crippen LogP contribution in [-0.2, 0) is 9.59 Å². The first kappa shape index (κ1) is 21.9. The highest BCUT2D eigenvalue weighted by Crippen LogP contribution is 2.42. The number of urea groups is 1. The Morgan fingerprint density at radius 2 is 1.78 bits per heavy atom. The number of benzene rings is 2. The van der Waals surface area contributed by atoms with Crippen molar-refractivity contribution < 1.29 is 19.1 Å². The van der Waals surface area contributed by atoms with Gasteiger partial charge in [-0.25, -0.2) is 4.79 Å². The molecule has 2 fully saturated rings. The van der Waals surface area contributed by atoms with E-state index in [4.69, 9.17) is 4.74 Å². The molecule has 0 radical (unpaired) electrons. The van der Waals surface area contributed by atoms with Crippen LogP contribution in [0.2, 0.25) is 0 Å². The van der Waals surface area contributed by atoms with E-state index in [9.17, 15) is 14.4 Å². The molecule has 1 saturated heterocycles. The van der Waals surface area contributed by atoms with Crippen molar-refractivity contribution in [2.24, 2.45) is 5.92 Å². The molecule has 2 aliphatic rings. The number of amides is 4. The van der Waals surface area contributed by atoms with Crippen molar-refractivity contribution in [2.45, 2.75) is 45.2 Å². The maximum Gasteiger partial charge on any atom is 0.325 e. The van der Waals surface area contributed by atoms with Crippen molar-refractivity contribution in [3.8, 4) is 5.75 Å². The van der Waals surface area contributed by atoms with Crippen molar-refractivity contribution >= 4 is 17.8 Å².